The molecule has 0 bridgehead atoms. The SMILES string of the molecule is COC(C)CC(O)S. The van der Waals surface area contributed by atoms with Crippen LogP contribution in [-0.4, -0.2) is 23.8 Å². The summed E-state index contributed by atoms with van der Waals surface area (Å²) in [6, 6.07) is 0. The highest BCUT2D eigenvalue weighted by Crippen LogP contribution is 2.02. The van der Waals surface area contributed by atoms with Gasteiger partial charge in [0.25, 0.3) is 0 Å². The standard InChI is InChI=1S/C5H12O2S/c1-4(7-2)3-5(6)8/h4-6,8H,3H2,1-2H3. The van der Waals surface area contributed by atoms with Crippen molar-refractivity contribution in [2.45, 2.75) is 24.9 Å². The summed E-state index contributed by atoms with van der Waals surface area (Å²) in [5.74, 6) is 0. The Morgan fingerprint density at radius 3 is 2.38 bits per heavy atom. The molecule has 50 valence electrons. The van der Waals surface area contributed by atoms with Crippen LogP contribution in [0.4, 0.5) is 0 Å². The van der Waals surface area contributed by atoms with Gasteiger partial charge in [-0.1, -0.05) is 0 Å². The van der Waals surface area contributed by atoms with Crippen LogP contribution < -0.4 is 0 Å². The first kappa shape index (κ1) is 8.27. The zero-order valence-corrected chi connectivity index (χ0v) is 6.06. The number of hydrogen-bond acceptors (Lipinski definition) is 3. The summed E-state index contributed by atoms with van der Waals surface area (Å²) in [5.41, 5.74) is -0.551. The van der Waals surface area contributed by atoms with E-state index in [1.807, 2.05) is 6.92 Å². The molecule has 0 aromatic rings. The van der Waals surface area contributed by atoms with Crippen LogP contribution >= 0.6 is 12.6 Å². The van der Waals surface area contributed by atoms with E-state index < -0.39 is 5.44 Å². The fraction of sp³-hybridized carbons (Fsp3) is 1.00. The lowest BCUT2D eigenvalue weighted by molar-refractivity contribution is 0.0841. The highest BCUT2D eigenvalue weighted by Gasteiger charge is 2.02. The first-order valence-electron chi connectivity index (χ1n) is 2.55. The lowest BCUT2D eigenvalue weighted by Gasteiger charge is -2.09. The monoisotopic (exact) mass is 136 g/mol. The smallest absolute Gasteiger partial charge is 0.0989 e. The van der Waals surface area contributed by atoms with Gasteiger partial charge in [-0.15, -0.1) is 12.6 Å². The summed E-state index contributed by atoms with van der Waals surface area (Å²) in [6.45, 7) is 1.89. The molecule has 0 rings (SSSR count). The van der Waals surface area contributed by atoms with E-state index in [4.69, 9.17) is 9.84 Å². The summed E-state index contributed by atoms with van der Waals surface area (Å²) >= 11 is 3.77. The summed E-state index contributed by atoms with van der Waals surface area (Å²) in [4.78, 5) is 0. The average Bonchev–Trinajstić information content (AvgIpc) is 1.65. The van der Waals surface area contributed by atoms with Crippen LogP contribution in [0.15, 0.2) is 0 Å². The highest BCUT2D eigenvalue weighted by molar-refractivity contribution is 7.80. The first-order valence-corrected chi connectivity index (χ1v) is 3.07. The Kier molecular flexibility index (Phi) is 4.32. The average molecular weight is 136 g/mol. The predicted molar refractivity (Wildman–Crippen MR) is 36.1 cm³/mol. The zero-order chi connectivity index (χ0) is 6.57. The third kappa shape index (κ3) is 4.43. The molecule has 0 aromatic heterocycles. The molecule has 0 fully saturated rings. The Bertz CT molecular complexity index is 56.4. The van der Waals surface area contributed by atoms with Gasteiger partial charge in [0.1, 0.15) is 0 Å². The lowest BCUT2D eigenvalue weighted by Crippen LogP contribution is -2.11. The Labute approximate surface area is 55.3 Å². The minimum absolute atomic E-state index is 0.0995. The topological polar surface area (TPSA) is 29.5 Å². The van der Waals surface area contributed by atoms with Crippen molar-refractivity contribution in [3.8, 4) is 0 Å². The van der Waals surface area contributed by atoms with E-state index in [0.717, 1.165) is 0 Å². The van der Waals surface area contributed by atoms with Crippen molar-refractivity contribution in [1.82, 2.24) is 0 Å². The first-order chi connectivity index (χ1) is 3.66. The zero-order valence-electron chi connectivity index (χ0n) is 5.16. The molecule has 2 atom stereocenters. The Hall–Kier alpha value is 0.270. The Morgan fingerprint density at radius 2 is 2.25 bits per heavy atom. The molecule has 0 spiro atoms. The highest BCUT2D eigenvalue weighted by atomic mass is 32.1. The van der Waals surface area contributed by atoms with Gasteiger partial charge in [-0.05, 0) is 6.92 Å². The molecule has 0 aliphatic rings. The Balaban J connectivity index is 3.10. The van der Waals surface area contributed by atoms with E-state index in [1.54, 1.807) is 7.11 Å². The molecule has 0 aliphatic heterocycles. The quantitative estimate of drug-likeness (QED) is 0.441. The summed E-state index contributed by atoms with van der Waals surface area (Å²) in [6.07, 6.45) is 0.682. The maximum Gasteiger partial charge on any atom is 0.0989 e. The van der Waals surface area contributed by atoms with Crippen molar-refractivity contribution in [2.24, 2.45) is 0 Å². The number of aliphatic hydroxyl groups is 1. The second-order valence-corrected chi connectivity index (χ2v) is 2.36. The Morgan fingerprint density at radius 1 is 1.75 bits per heavy atom. The normalized spacial score (nSPS) is 18.0. The fourth-order valence-corrected chi connectivity index (χ4v) is 0.690. The maximum atomic E-state index is 8.64. The molecular formula is C5H12O2S. The fourth-order valence-electron chi connectivity index (χ4n) is 0.393. The van der Waals surface area contributed by atoms with Gasteiger partial charge < -0.3 is 9.84 Å². The minimum Gasteiger partial charge on any atom is -0.383 e. The van der Waals surface area contributed by atoms with E-state index in [2.05, 4.69) is 12.6 Å². The molecule has 0 aromatic carbocycles. The van der Waals surface area contributed by atoms with Crippen LogP contribution in [-0.2, 0) is 4.74 Å². The summed E-state index contributed by atoms with van der Waals surface area (Å²) < 4.78 is 4.85. The van der Waals surface area contributed by atoms with Crippen LogP contribution in [0.1, 0.15) is 13.3 Å². The van der Waals surface area contributed by atoms with Crippen molar-refractivity contribution < 1.29 is 9.84 Å². The number of aliphatic hydroxyl groups excluding tert-OH is 1. The molecule has 0 saturated heterocycles. The van der Waals surface area contributed by atoms with Gasteiger partial charge in [0.05, 0.1) is 11.5 Å². The second-order valence-electron chi connectivity index (χ2n) is 1.76. The molecule has 3 heteroatoms. The van der Waals surface area contributed by atoms with E-state index >= 15 is 0 Å². The van der Waals surface area contributed by atoms with Crippen LogP contribution in [0.2, 0.25) is 0 Å². The van der Waals surface area contributed by atoms with Crippen LogP contribution in [0.3, 0.4) is 0 Å². The molecule has 0 radical (unpaired) electrons. The third-order valence-corrected chi connectivity index (χ3v) is 1.16. The molecule has 0 aliphatic carbocycles. The van der Waals surface area contributed by atoms with Gasteiger partial charge in [-0.25, -0.2) is 0 Å². The molecule has 0 saturated carbocycles. The summed E-state index contributed by atoms with van der Waals surface area (Å²) in [7, 11) is 1.61. The van der Waals surface area contributed by atoms with E-state index in [0.29, 0.717) is 6.42 Å². The molecular weight excluding hydrogens is 124 g/mol. The van der Waals surface area contributed by atoms with E-state index in [1.165, 1.54) is 0 Å². The largest absolute Gasteiger partial charge is 0.383 e. The van der Waals surface area contributed by atoms with Crippen molar-refractivity contribution in [3.63, 3.8) is 0 Å². The van der Waals surface area contributed by atoms with Gasteiger partial charge in [0.2, 0.25) is 0 Å². The second kappa shape index (κ2) is 4.18. The van der Waals surface area contributed by atoms with E-state index in [-0.39, 0.29) is 6.10 Å². The van der Waals surface area contributed by atoms with Gasteiger partial charge in [-0.3, -0.25) is 0 Å². The van der Waals surface area contributed by atoms with Crippen molar-refractivity contribution in [3.05, 3.63) is 0 Å². The van der Waals surface area contributed by atoms with Crippen molar-refractivity contribution in [1.29, 1.82) is 0 Å². The number of rotatable bonds is 3. The molecule has 0 amide bonds. The van der Waals surface area contributed by atoms with E-state index in [9.17, 15) is 0 Å². The molecule has 0 heterocycles. The number of thiol groups is 1. The van der Waals surface area contributed by atoms with Gasteiger partial charge in [0.15, 0.2) is 0 Å². The van der Waals surface area contributed by atoms with Crippen LogP contribution in [0, 0.1) is 0 Å². The van der Waals surface area contributed by atoms with Crippen LogP contribution in [0.25, 0.3) is 0 Å². The third-order valence-electron chi connectivity index (χ3n) is 0.945. The number of hydrogen-bond donors (Lipinski definition) is 2. The molecule has 2 unspecified atom stereocenters. The number of methoxy groups -OCH3 is 1. The van der Waals surface area contributed by atoms with Crippen molar-refractivity contribution >= 4 is 12.6 Å². The maximum absolute atomic E-state index is 8.64. The predicted octanol–water partition coefficient (Wildman–Crippen LogP) is 0.660. The van der Waals surface area contributed by atoms with Gasteiger partial charge in [-0.2, -0.15) is 0 Å². The molecule has 8 heavy (non-hydrogen) atoms. The van der Waals surface area contributed by atoms with Crippen LogP contribution in [0.5, 0.6) is 0 Å². The minimum atomic E-state index is -0.551. The van der Waals surface area contributed by atoms with Gasteiger partial charge >= 0.3 is 0 Å². The summed E-state index contributed by atoms with van der Waals surface area (Å²) in [5, 5.41) is 8.64. The lowest BCUT2D eigenvalue weighted by atomic mass is 10.3. The van der Waals surface area contributed by atoms with Crippen molar-refractivity contribution in [2.75, 3.05) is 7.11 Å². The number of ether oxygens (including phenoxy) is 1. The molecule has 1 N–H and O–H groups in total. The van der Waals surface area contributed by atoms with Gasteiger partial charge in [0, 0.05) is 13.5 Å². The molecule has 2 nitrogen and oxygen atoms in total.